The van der Waals surface area contributed by atoms with Gasteiger partial charge in [0.1, 0.15) is 0 Å². The minimum absolute atomic E-state index is 1.32. The average Bonchev–Trinajstić information content (AvgIpc) is 2.34. The molecule has 0 N–H and O–H groups in total. The number of ether oxygens (including phenoxy) is 6. The van der Waals surface area contributed by atoms with Gasteiger partial charge in [-0.05, 0) is 0 Å². The lowest BCUT2D eigenvalue weighted by molar-refractivity contribution is -0.624. The Morgan fingerprint density at radius 3 is 0.771 bits per heavy atom. The van der Waals surface area contributed by atoms with Gasteiger partial charge in [-0.1, -0.05) is 0 Å². The molecule has 0 saturated heterocycles. The van der Waals surface area contributed by atoms with Crippen LogP contribution < -0.4 is 0 Å². The van der Waals surface area contributed by atoms with Crippen LogP contribution >= 0.6 is 0 Å². The summed E-state index contributed by atoms with van der Waals surface area (Å²) in [5.41, 5.74) is 0. The molecule has 0 aromatic heterocycles. The van der Waals surface area contributed by atoms with Gasteiger partial charge in [-0.3, -0.25) is 0 Å². The molecule has 0 atom stereocenters. The normalized spacial score (nSPS) is 16.1. The second-order valence-corrected chi connectivity index (χ2v) is 4.96. The third-order valence-corrected chi connectivity index (χ3v) is 2.13. The monoisotopic (exact) mass is 584 g/mol. The standard InChI is InChI=1S/C9F20O6/c10-1(11,3(14,15)31-5(18,19)20)30-2(12,13)4(16,17)32-7(24,25)34-9(28,29)35-8(26,27)33-6(21,22)23. The molecule has 0 bridgehead atoms. The van der Waals surface area contributed by atoms with Gasteiger partial charge >= 0.3 is 56.0 Å². The quantitative estimate of drug-likeness (QED) is 0.203. The Labute approximate surface area is 174 Å². The molecule has 0 aromatic rings. The minimum Gasteiger partial charge on any atom is -0.241 e. The number of hydrogen-bond acceptors (Lipinski definition) is 6. The maximum absolute atomic E-state index is 13.0. The van der Waals surface area contributed by atoms with Crippen molar-refractivity contribution in [3.05, 3.63) is 0 Å². The average molecular weight is 584 g/mol. The molecule has 212 valence electrons. The van der Waals surface area contributed by atoms with Crippen LogP contribution in [-0.2, 0) is 28.4 Å². The van der Waals surface area contributed by atoms with E-state index in [0.29, 0.717) is 0 Å². The van der Waals surface area contributed by atoms with Gasteiger partial charge in [0.15, 0.2) is 0 Å². The highest BCUT2D eigenvalue weighted by Crippen LogP contribution is 2.49. The summed E-state index contributed by atoms with van der Waals surface area (Å²) in [6.07, 6.45) is -64.2. The lowest BCUT2D eigenvalue weighted by Crippen LogP contribution is -2.57. The smallest absolute Gasteiger partial charge is 0.241 e. The molecular weight excluding hydrogens is 584 g/mol. The Balaban J connectivity index is 5.65. The summed E-state index contributed by atoms with van der Waals surface area (Å²) in [6.45, 7) is 0. The van der Waals surface area contributed by atoms with Crippen molar-refractivity contribution in [2.24, 2.45) is 0 Å². The largest absolute Gasteiger partial charge is 0.529 e. The zero-order valence-electron chi connectivity index (χ0n) is 14.5. The first-order chi connectivity index (χ1) is 14.7. The molecule has 0 saturated carbocycles. The van der Waals surface area contributed by atoms with E-state index in [-0.39, 0.29) is 0 Å². The predicted molar refractivity (Wildman–Crippen MR) is 53.2 cm³/mol. The second kappa shape index (κ2) is 9.34. The van der Waals surface area contributed by atoms with E-state index in [9.17, 15) is 87.8 Å². The summed E-state index contributed by atoms with van der Waals surface area (Å²) in [6, 6.07) is 0. The van der Waals surface area contributed by atoms with Gasteiger partial charge in [-0.2, -0.15) is 39.9 Å². The molecule has 0 unspecified atom stereocenters. The summed E-state index contributed by atoms with van der Waals surface area (Å²) in [4.78, 5) is 0. The van der Waals surface area contributed by atoms with Crippen LogP contribution in [0.3, 0.4) is 0 Å². The Kier molecular flexibility index (Phi) is 8.91. The fraction of sp³-hybridized carbons (Fsp3) is 1.00. The highest BCUT2D eigenvalue weighted by Gasteiger charge is 2.75. The first kappa shape index (κ1) is 33.4. The van der Waals surface area contributed by atoms with Gasteiger partial charge in [0, 0.05) is 0 Å². The van der Waals surface area contributed by atoms with Crippen LogP contribution in [0.5, 0.6) is 0 Å². The van der Waals surface area contributed by atoms with Crippen LogP contribution in [0.2, 0.25) is 0 Å². The van der Waals surface area contributed by atoms with Crippen molar-refractivity contribution in [1.29, 1.82) is 0 Å². The molecule has 0 fully saturated rings. The van der Waals surface area contributed by atoms with E-state index in [0.717, 1.165) is 0 Å². The van der Waals surface area contributed by atoms with Gasteiger partial charge in [0.25, 0.3) is 0 Å². The van der Waals surface area contributed by atoms with Gasteiger partial charge in [-0.15, -0.1) is 52.7 Å². The van der Waals surface area contributed by atoms with E-state index < -0.39 is 56.0 Å². The molecule has 35 heavy (non-hydrogen) atoms. The molecule has 6 nitrogen and oxygen atoms in total. The summed E-state index contributed by atoms with van der Waals surface area (Å²) in [7, 11) is 0. The van der Waals surface area contributed by atoms with Crippen LogP contribution in [0.1, 0.15) is 0 Å². The van der Waals surface area contributed by atoms with E-state index >= 15 is 0 Å². The van der Waals surface area contributed by atoms with Crippen molar-refractivity contribution in [2.45, 2.75) is 56.0 Å². The molecule has 0 aliphatic carbocycles. The first-order valence-electron chi connectivity index (χ1n) is 6.73. The van der Waals surface area contributed by atoms with E-state index in [4.69, 9.17) is 0 Å². The summed E-state index contributed by atoms with van der Waals surface area (Å²) >= 11 is 0. The van der Waals surface area contributed by atoms with Crippen molar-refractivity contribution < 1.29 is 116 Å². The molecule has 26 heteroatoms. The van der Waals surface area contributed by atoms with Crippen LogP contribution in [0.15, 0.2) is 0 Å². The zero-order chi connectivity index (χ0) is 28.7. The Bertz CT molecular complexity index is 711. The minimum atomic E-state index is -7.64. The van der Waals surface area contributed by atoms with Gasteiger partial charge in [0.05, 0.1) is 0 Å². The highest BCUT2D eigenvalue weighted by atomic mass is 19.4. The summed E-state index contributed by atoms with van der Waals surface area (Å²) < 4.78 is 256. The fourth-order valence-corrected chi connectivity index (χ4v) is 1.17. The summed E-state index contributed by atoms with van der Waals surface area (Å²) in [5.74, 6) is 0. The lowest BCUT2D eigenvalue weighted by atomic mass is 10.5. The fourth-order valence-electron chi connectivity index (χ4n) is 1.17. The molecule has 0 aromatic carbocycles. The van der Waals surface area contributed by atoms with Gasteiger partial charge < -0.3 is 0 Å². The molecular formula is C9F20O6. The highest BCUT2D eigenvalue weighted by molar-refractivity contribution is 4.75. The molecule has 0 spiro atoms. The molecule has 0 rings (SSSR count). The van der Waals surface area contributed by atoms with Crippen molar-refractivity contribution in [3.63, 3.8) is 0 Å². The van der Waals surface area contributed by atoms with Gasteiger partial charge in [-0.25, -0.2) is 23.7 Å². The van der Waals surface area contributed by atoms with Crippen LogP contribution in [0.25, 0.3) is 0 Å². The van der Waals surface area contributed by atoms with Gasteiger partial charge in [0.2, 0.25) is 0 Å². The van der Waals surface area contributed by atoms with E-state index in [1.54, 1.807) is 9.47 Å². The molecule has 0 radical (unpaired) electrons. The molecule has 0 aliphatic heterocycles. The second-order valence-electron chi connectivity index (χ2n) is 4.96. The van der Waals surface area contributed by atoms with Crippen LogP contribution in [0, 0.1) is 0 Å². The van der Waals surface area contributed by atoms with Crippen LogP contribution in [-0.4, -0.2) is 56.0 Å². The maximum Gasteiger partial charge on any atom is 0.529 e. The Hall–Kier alpha value is -1.64. The SMILES string of the molecule is FC(F)(F)OC(F)(F)OC(F)(F)OC(F)(F)OC(F)(F)C(F)(F)OC(F)(F)C(F)(F)OC(F)(F)F. The topological polar surface area (TPSA) is 55.4 Å². The first-order valence-corrected chi connectivity index (χ1v) is 6.73. The van der Waals surface area contributed by atoms with Crippen molar-refractivity contribution in [1.82, 2.24) is 0 Å². The Morgan fingerprint density at radius 1 is 0.229 bits per heavy atom. The third kappa shape index (κ3) is 10.9. The van der Waals surface area contributed by atoms with Crippen molar-refractivity contribution >= 4 is 0 Å². The lowest BCUT2D eigenvalue weighted by Gasteiger charge is -2.33. The number of halogens is 20. The van der Waals surface area contributed by atoms with Crippen molar-refractivity contribution in [2.75, 3.05) is 0 Å². The van der Waals surface area contributed by atoms with E-state index in [2.05, 4.69) is 0 Å². The molecule has 0 heterocycles. The number of alkyl halides is 20. The predicted octanol–water partition coefficient (Wildman–Crippen LogP) is 6.15. The summed E-state index contributed by atoms with van der Waals surface area (Å²) in [5, 5.41) is 0. The van der Waals surface area contributed by atoms with E-state index in [1.165, 1.54) is 18.9 Å². The Morgan fingerprint density at radius 2 is 0.457 bits per heavy atom. The molecule has 0 aliphatic rings. The van der Waals surface area contributed by atoms with E-state index in [1.807, 2.05) is 0 Å². The van der Waals surface area contributed by atoms with Crippen LogP contribution in [0.4, 0.5) is 87.8 Å². The van der Waals surface area contributed by atoms with Crippen molar-refractivity contribution in [3.8, 4) is 0 Å². The molecule has 0 amide bonds. The third-order valence-electron chi connectivity index (χ3n) is 2.13. The maximum atomic E-state index is 13.0. The number of rotatable bonds is 12. The zero-order valence-corrected chi connectivity index (χ0v) is 14.5. The number of hydrogen-bond donors (Lipinski definition) is 0.